The number of aromatic nitrogens is 1. The molecule has 1 aliphatic carbocycles. The summed E-state index contributed by atoms with van der Waals surface area (Å²) in [5.74, 6) is 1.71. The van der Waals surface area contributed by atoms with E-state index in [-0.39, 0.29) is 5.78 Å². The molecular weight excluding hydrogens is 520 g/mol. The normalized spacial score (nSPS) is 13.0. The second-order valence-electron chi connectivity index (χ2n) is 9.40. The van der Waals surface area contributed by atoms with Crippen molar-refractivity contribution in [2.75, 3.05) is 32.1 Å². The van der Waals surface area contributed by atoms with Crippen molar-refractivity contribution in [1.29, 1.82) is 0 Å². The maximum Gasteiger partial charge on any atom is 0.171 e. The van der Waals surface area contributed by atoms with Crippen molar-refractivity contribution in [3.8, 4) is 17.2 Å². The molecule has 1 fully saturated rings. The van der Waals surface area contributed by atoms with Crippen LogP contribution in [0.3, 0.4) is 0 Å². The number of pyridine rings is 1. The van der Waals surface area contributed by atoms with Crippen molar-refractivity contribution in [2.24, 2.45) is 0 Å². The van der Waals surface area contributed by atoms with Crippen LogP contribution in [0.5, 0.6) is 17.2 Å². The van der Waals surface area contributed by atoms with Crippen molar-refractivity contribution >= 4 is 51.3 Å². The van der Waals surface area contributed by atoms with E-state index in [0.29, 0.717) is 56.6 Å². The Morgan fingerprint density at radius 2 is 1.92 bits per heavy atom. The zero-order valence-corrected chi connectivity index (χ0v) is 23.8. The molecule has 1 aliphatic rings. The minimum Gasteiger partial charge on any atom is -0.496 e. The van der Waals surface area contributed by atoms with Gasteiger partial charge in [-0.3, -0.25) is 9.78 Å². The number of thiocarbonyl (C=S) groups is 1. The molecule has 0 aliphatic heterocycles. The molecule has 38 heavy (non-hydrogen) atoms. The van der Waals surface area contributed by atoms with E-state index in [1.165, 1.54) is 0 Å². The average Bonchev–Trinajstić information content (AvgIpc) is 3.73. The number of ketones is 1. The standard InChI is InChI=1S/C29H35ClN4O3S/c1-4-34(5-2)15-7-6-8-26(35)22-17-21-25(18-28(22)36-3)31-14-13-27(21)37-20-11-12-24(23(30)16-20)33-29(38)32-19-9-10-19/h11-14,16-19H,4-10,15H2,1-3H3,(H2,32,33,38). The number of methoxy groups -OCH3 is 1. The SMILES string of the molecule is CCN(CC)CCCCC(=O)c1cc2c(Oc3ccc(NC(=S)NC4CC4)c(Cl)c3)ccnc2cc1OC. The first-order chi connectivity index (χ1) is 18.4. The lowest BCUT2D eigenvalue weighted by Gasteiger charge is -2.17. The van der Waals surface area contributed by atoms with Gasteiger partial charge in [-0.2, -0.15) is 0 Å². The average molecular weight is 555 g/mol. The Morgan fingerprint density at radius 1 is 1.13 bits per heavy atom. The smallest absolute Gasteiger partial charge is 0.171 e. The molecule has 3 aromatic rings. The highest BCUT2D eigenvalue weighted by molar-refractivity contribution is 7.80. The second kappa shape index (κ2) is 13.2. The first-order valence-electron chi connectivity index (χ1n) is 13.2. The van der Waals surface area contributed by atoms with E-state index in [1.54, 1.807) is 31.5 Å². The Morgan fingerprint density at radius 3 is 2.61 bits per heavy atom. The molecule has 1 aromatic heterocycles. The molecule has 7 nitrogen and oxygen atoms in total. The Balaban J connectivity index is 1.49. The molecule has 0 atom stereocenters. The van der Waals surface area contributed by atoms with Crippen LogP contribution < -0.4 is 20.1 Å². The van der Waals surface area contributed by atoms with Gasteiger partial charge < -0.3 is 25.0 Å². The summed E-state index contributed by atoms with van der Waals surface area (Å²) in [5, 5.41) is 8.15. The predicted molar refractivity (Wildman–Crippen MR) is 158 cm³/mol. The lowest BCUT2D eigenvalue weighted by atomic mass is 10.0. The number of benzene rings is 2. The number of rotatable bonds is 13. The monoisotopic (exact) mass is 554 g/mol. The molecule has 0 radical (unpaired) electrons. The van der Waals surface area contributed by atoms with Crippen LogP contribution in [0, 0.1) is 0 Å². The highest BCUT2D eigenvalue weighted by Gasteiger charge is 2.22. The molecule has 0 amide bonds. The van der Waals surface area contributed by atoms with Crippen LogP contribution in [-0.2, 0) is 0 Å². The zero-order valence-electron chi connectivity index (χ0n) is 22.2. The molecule has 2 aromatic carbocycles. The summed E-state index contributed by atoms with van der Waals surface area (Å²) in [6.07, 6.45) is 6.21. The first kappa shape index (κ1) is 28.1. The number of hydrogen-bond donors (Lipinski definition) is 2. The topological polar surface area (TPSA) is 75.7 Å². The van der Waals surface area contributed by atoms with Gasteiger partial charge in [-0.1, -0.05) is 25.4 Å². The van der Waals surface area contributed by atoms with Crippen molar-refractivity contribution in [1.82, 2.24) is 15.2 Å². The minimum absolute atomic E-state index is 0.0485. The van der Waals surface area contributed by atoms with Gasteiger partial charge in [-0.25, -0.2) is 0 Å². The first-order valence-corrected chi connectivity index (χ1v) is 14.0. The third kappa shape index (κ3) is 7.34. The Kier molecular flexibility index (Phi) is 9.77. The molecule has 0 bridgehead atoms. The Hall–Kier alpha value is -2.94. The van der Waals surface area contributed by atoms with Crippen LogP contribution in [0.15, 0.2) is 42.6 Å². The summed E-state index contributed by atoms with van der Waals surface area (Å²) in [6, 6.07) is 11.2. The summed E-state index contributed by atoms with van der Waals surface area (Å²) in [5.41, 5.74) is 1.92. The number of nitrogens with zero attached hydrogens (tertiary/aromatic N) is 2. The van der Waals surface area contributed by atoms with Crippen molar-refractivity contribution < 1.29 is 14.3 Å². The van der Waals surface area contributed by atoms with E-state index >= 15 is 0 Å². The van der Waals surface area contributed by atoms with Crippen molar-refractivity contribution in [3.05, 3.63) is 53.2 Å². The van der Waals surface area contributed by atoms with E-state index in [1.807, 2.05) is 18.2 Å². The highest BCUT2D eigenvalue weighted by Crippen LogP contribution is 2.36. The van der Waals surface area contributed by atoms with Gasteiger partial charge >= 0.3 is 0 Å². The van der Waals surface area contributed by atoms with Gasteiger partial charge in [0.15, 0.2) is 10.9 Å². The number of nitrogens with one attached hydrogen (secondary N) is 2. The van der Waals surface area contributed by atoms with Crippen molar-refractivity contribution in [2.45, 2.75) is 52.0 Å². The van der Waals surface area contributed by atoms with Crippen LogP contribution in [-0.4, -0.2) is 53.6 Å². The molecule has 0 saturated heterocycles. The van der Waals surface area contributed by atoms with Gasteiger partial charge in [-0.05, 0) is 81.8 Å². The number of Topliss-reactive ketones (excluding diaryl/α,β-unsaturated/α-hetero) is 1. The van der Waals surface area contributed by atoms with E-state index in [9.17, 15) is 4.79 Å². The third-order valence-corrected chi connectivity index (χ3v) is 7.21. The summed E-state index contributed by atoms with van der Waals surface area (Å²) in [6.45, 7) is 7.36. The molecule has 202 valence electrons. The van der Waals surface area contributed by atoms with E-state index in [0.717, 1.165) is 50.7 Å². The number of unbranched alkanes of at least 4 members (excludes halogenated alkanes) is 1. The van der Waals surface area contributed by atoms with Crippen molar-refractivity contribution in [3.63, 3.8) is 0 Å². The van der Waals surface area contributed by atoms with Gasteiger partial charge in [0.1, 0.15) is 17.2 Å². The lowest BCUT2D eigenvalue weighted by molar-refractivity contribution is 0.0975. The summed E-state index contributed by atoms with van der Waals surface area (Å²) in [4.78, 5) is 20.0. The van der Waals surface area contributed by atoms with Crippen LogP contribution in [0.2, 0.25) is 5.02 Å². The number of fused-ring (bicyclic) bond motifs is 1. The number of carbonyl (C=O) groups excluding carboxylic acids is 1. The predicted octanol–water partition coefficient (Wildman–Crippen LogP) is 6.83. The molecule has 9 heteroatoms. The highest BCUT2D eigenvalue weighted by atomic mass is 35.5. The Bertz CT molecular complexity index is 1290. The number of hydrogen-bond acceptors (Lipinski definition) is 6. The number of anilines is 1. The maximum absolute atomic E-state index is 13.2. The number of halogens is 1. The van der Waals surface area contributed by atoms with Gasteiger partial charge in [-0.15, -0.1) is 0 Å². The van der Waals surface area contributed by atoms with Crippen LogP contribution in [0.1, 0.15) is 56.3 Å². The third-order valence-electron chi connectivity index (χ3n) is 6.67. The van der Waals surface area contributed by atoms with E-state index in [4.69, 9.17) is 33.3 Å². The van der Waals surface area contributed by atoms with Gasteiger partial charge in [0.2, 0.25) is 0 Å². The van der Waals surface area contributed by atoms with E-state index in [2.05, 4.69) is 34.4 Å². The quantitative estimate of drug-likeness (QED) is 0.135. The van der Waals surface area contributed by atoms with Gasteiger partial charge in [0, 0.05) is 36.2 Å². The van der Waals surface area contributed by atoms with Gasteiger partial charge in [0.25, 0.3) is 0 Å². The fourth-order valence-corrected chi connectivity index (χ4v) is 4.77. The maximum atomic E-state index is 13.2. The summed E-state index contributed by atoms with van der Waals surface area (Å²) < 4.78 is 11.8. The van der Waals surface area contributed by atoms with Crippen LogP contribution in [0.4, 0.5) is 5.69 Å². The fourth-order valence-electron chi connectivity index (χ4n) is 4.28. The van der Waals surface area contributed by atoms with Crippen LogP contribution >= 0.6 is 23.8 Å². The van der Waals surface area contributed by atoms with Gasteiger partial charge in [0.05, 0.1) is 28.9 Å². The van der Waals surface area contributed by atoms with Crippen LogP contribution in [0.25, 0.3) is 10.9 Å². The summed E-state index contributed by atoms with van der Waals surface area (Å²) in [7, 11) is 1.57. The Labute approximate surface area is 234 Å². The molecule has 1 heterocycles. The molecule has 0 unspecified atom stereocenters. The summed E-state index contributed by atoms with van der Waals surface area (Å²) >= 11 is 11.9. The molecular formula is C29H35ClN4O3S. The lowest BCUT2D eigenvalue weighted by Crippen LogP contribution is -2.30. The minimum atomic E-state index is 0.0485. The molecule has 0 spiro atoms. The second-order valence-corrected chi connectivity index (χ2v) is 10.2. The van der Waals surface area contributed by atoms with E-state index < -0.39 is 0 Å². The number of ether oxygens (including phenoxy) is 2. The zero-order chi connectivity index (χ0) is 27.1. The fraction of sp³-hybridized carbons (Fsp3) is 0.414. The molecule has 4 rings (SSSR count). The number of carbonyl (C=O) groups is 1. The molecule has 1 saturated carbocycles. The largest absolute Gasteiger partial charge is 0.496 e. The molecule has 2 N–H and O–H groups in total.